The summed E-state index contributed by atoms with van der Waals surface area (Å²) in [4.78, 5) is 13.9. The molecule has 0 aliphatic rings. The molecule has 20 heavy (non-hydrogen) atoms. The van der Waals surface area contributed by atoms with E-state index in [1.54, 1.807) is 13.8 Å². The molecule has 0 saturated carbocycles. The van der Waals surface area contributed by atoms with E-state index in [4.69, 9.17) is 5.73 Å². The van der Waals surface area contributed by atoms with Crippen LogP contribution in [-0.4, -0.2) is 41.1 Å². The van der Waals surface area contributed by atoms with E-state index >= 15 is 0 Å². The van der Waals surface area contributed by atoms with Crippen molar-refractivity contribution in [2.45, 2.75) is 32.9 Å². The summed E-state index contributed by atoms with van der Waals surface area (Å²) in [5, 5.41) is 12.7. The molecule has 0 aliphatic heterocycles. The van der Waals surface area contributed by atoms with Gasteiger partial charge in [-0.3, -0.25) is 9.69 Å². The molecule has 5 nitrogen and oxygen atoms in total. The van der Waals surface area contributed by atoms with E-state index in [1.165, 1.54) is 0 Å². The van der Waals surface area contributed by atoms with Crippen molar-refractivity contribution in [3.63, 3.8) is 0 Å². The maximum absolute atomic E-state index is 12.0. The Morgan fingerprint density at radius 2 is 2.15 bits per heavy atom. The average Bonchev–Trinajstić information content (AvgIpc) is 2.36. The Balaban J connectivity index is 2.57. The van der Waals surface area contributed by atoms with Gasteiger partial charge in [-0.05, 0) is 38.1 Å². The fraction of sp³-hybridized carbons (Fsp3) is 0.533. The van der Waals surface area contributed by atoms with Crippen molar-refractivity contribution >= 4 is 11.6 Å². The highest BCUT2D eigenvalue weighted by atomic mass is 16.3. The predicted molar refractivity (Wildman–Crippen MR) is 81.4 cm³/mol. The number of hydrogen-bond acceptors (Lipinski definition) is 4. The van der Waals surface area contributed by atoms with Crippen molar-refractivity contribution in [1.29, 1.82) is 0 Å². The third kappa shape index (κ3) is 6.14. The van der Waals surface area contributed by atoms with Crippen molar-refractivity contribution in [3.05, 3.63) is 29.8 Å². The fourth-order valence-corrected chi connectivity index (χ4v) is 2.01. The van der Waals surface area contributed by atoms with Gasteiger partial charge in [0, 0.05) is 18.8 Å². The van der Waals surface area contributed by atoms with Crippen LogP contribution < -0.4 is 11.1 Å². The topological polar surface area (TPSA) is 78.6 Å². The maximum Gasteiger partial charge on any atom is 0.238 e. The van der Waals surface area contributed by atoms with Gasteiger partial charge in [0.15, 0.2) is 0 Å². The Bertz CT molecular complexity index is 441. The Hall–Kier alpha value is -1.43. The molecule has 1 amide bonds. The molecule has 0 heterocycles. The molecule has 1 aromatic carbocycles. The summed E-state index contributed by atoms with van der Waals surface area (Å²) in [5.74, 6) is -0.0923. The van der Waals surface area contributed by atoms with Gasteiger partial charge >= 0.3 is 0 Å². The second-order valence-electron chi connectivity index (χ2n) is 5.57. The number of nitrogens with two attached hydrogens (primary N) is 1. The van der Waals surface area contributed by atoms with Crippen molar-refractivity contribution in [2.24, 2.45) is 5.73 Å². The highest BCUT2D eigenvalue weighted by molar-refractivity contribution is 5.92. The van der Waals surface area contributed by atoms with Gasteiger partial charge in [-0.1, -0.05) is 19.1 Å². The van der Waals surface area contributed by atoms with E-state index < -0.39 is 5.60 Å². The molecule has 0 radical (unpaired) electrons. The quantitative estimate of drug-likeness (QED) is 0.700. The number of nitrogens with one attached hydrogen (secondary N) is 1. The first-order valence-corrected chi connectivity index (χ1v) is 6.87. The minimum Gasteiger partial charge on any atom is -0.389 e. The molecule has 5 heteroatoms. The zero-order chi connectivity index (χ0) is 15.2. The summed E-state index contributed by atoms with van der Waals surface area (Å²) >= 11 is 0. The van der Waals surface area contributed by atoms with Crippen LogP contribution >= 0.6 is 0 Å². The van der Waals surface area contributed by atoms with E-state index in [2.05, 4.69) is 5.32 Å². The van der Waals surface area contributed by atoms with E-state index in [-0.39, 0.29) is 12.5 Å². The zero-order valence-electron chi connectivity index (χ0n) is 12.5. The first kappa shape index (κ1) is 16.6. The lowest BCUT2D eigenvalue weighted by atomic mass is 10.1. The first-order chi connectivity index (χ1) is 9.34. The van der Waals surface area contributed by atoms with Crippen molar-refractivity contribution < 1.29 is 9.90 Å². The lowest BCUT2D eigenvalue weighted by Gasteiger charge is -2.27. The zero-order valence-corrected chi connectivity index (χ0v) is 12.5. The summed E-state index contributed by atoms with van der Waals surface area (Å²) in [6.07, 6.45) is 0. The molecule has 1 rings (SSSR count). The van der Waals surface area contributed by atoms with Crippen LogP contribution in [0.4, 0.5) is 5.69 Å². The molecule has 0 saturated heterocycles. The van der Waals surface area contributed by atoms with Crippen LogP contribution in [0.15, 0.2) is 24.3 Å². The second kappa shape index (κ2) is 7.38. The maximum atomic E-state index is 12.0. The molecule has 4 N–H and O–H groups in total. The molecule has 0 spiro atoms. The van der Waals surface area contributed by atoms with Crippen LogP contribution in [0.1, 0.15) is 26.3 Å². The van der Waals surface area contributed by atoms with Crippen LogP contribution in [0.25, 0.3) is 0 Å². The molecular weight excluding hydrogens is 254 g/mol. The monoisotopic (exact) mass is 279 g/mol. The molecule has 0 fully saturated rings. The first-order valence-electron chi connectivity index (χ1n) is 6.87. The Kier molecular flexibility index (Phi) is 6.13. The molecule has 1 aromatic rings. The SMILES string of the molecule is CCN(CC(=O)Nc1cccc(CN)c1)CC(C)(C)O. The largest absolute Gasteiger partial charge is 0.389 e. The van der Waals surface area contributed by atoms with E-state index in [1.807, 2.05) is 36.1 Å². The van der Waals surface area contributed by atoms with Gasteiger partial charge in [0.2, 0.25) is 5.91 Å². The number of rotatable bonds is 7. The van der Waals surface area contributed by atoms with E-state index in [9.17, 15) is 9.90 Å². The number of likely N-dealkylation sites (N-methyl/N-ethyl adjacent to an activating group) is 1. The van der Waals surface area contributed by atoms with E-state index in [0.29, 0.717) is 19.6 Å². The predicted octanol–water partition coefficient (Wildman–Crippen LogP) is 1.18. The molecule has 0 aliphatic carbocycles. The van der Waals surface area contributed by atoms with Gasteiger partial charge in [-0.25, -0.2) is 0 Å². The summed E-state index contributed by atoms with van der Waals surface area (Å²) < 4.78 is 0. The highest BCUT2D eigenvalue weighted by Crippen LogP contribution is 2.10. The molecule has 0 aromatic heterocycles. The Morgan fingerprint density at radius 3 is 2.70 bits per heavy atom. The molecule has 0 bridgehead atoms. The minimum atomic E-state index is -0.810. The van der Waals surface area contributed by atoms with Crippen LogP contribution in [0, 0.1) is 0 Å². The Labute approximate surface area is 120 Å². The summed E-state index contributed by atoms with van der Waals surface area (Å²) in [7, 11) is 0. The second-order valence-corrected chi connectivity index (χ2v) is 5.57. The van der Waals surface area contributed by atoms with Gasteiger partial charge in [-0.2, -0.15) is 0 Å². The number of anilines is 1. The number of hydrogen-bond donors (Lipinski definition) is 3. The smallest absolute Gasteiger partial charge is 0.238 e. The van der Waals surface area contributed by atoms with Crippen molar-refractivity contribution in [2.75, 3.05) is 25.0 Å². The number of nitrogens with zero attached hydrogens (tertiary/aromatic N) is 1. The molecule has 0 unspecified atom stereocenters. The number of benzene rings is 1. The molecule has 0 atom stereocenters. The summed E-state index contributed by atoms with van der Waals surface area (Å²) in [5.41, 5.74) is 6.49. The number of amides is 1. The van der Waals surface area contributed by atoms with Gasteiger partial charge < -0.3 is 16.2 Å². The third-order valence-electron chi connectivity index (χ3n) is 2.87. The number of aliphatic hydroxyl groups is 1. The minimum absolute atomic E-state index is 0.0923. The van der Waals surface area contributed by atoms with Crippen molar-refractivity contribution in [1.82, 2.24) is 4.90 Å². The fourth-order valence-electron chi connectivity index (χ4n) is 2.01. The van der Waals surface area contributed by atoms with Crippen LogP contribution in [0.2, 0.25) is 0 Å². The van der Waals surface area contributed by atoms with Crippen LogP contribution in [0.3, 0.4) is 0 Å². The van der Waals surface area contributed by atoms with E-state index in [0.717, 1.165) is 11.3 Å². The average molecular weight is 279 g/mol. The lowest BCUT2D eigenvalue weighted by Crippen LogP contribution is -2.42. The number of carbonyl (C=O) groups excluding carboxylic acids is 1. The molecule has 112 valence electrons. The van der Waals surface area contributed by atoms with Crippen LogP contribution in [-0.2, 0) is 11.3 Å². The molecular formula is C15H25N3O2. The van der Waals surface area contributed by atoms with Gasteiger partial charge in [-0.15, -0.1) is 0 Å². The van der Waals surface area contributed by atoms with Gasteiger partial charge in [0.05, 0.1) is 12.1 Å². The Morgan fingerprint density at radius 1 is 1.45 bits per heavy atom. The normalized spacial score (nSPS) is 11.7. The lowest BCUT2D eigenvalue weighted by molar-refractivity contribution is -0.117. The number of carbonyl (C=O) groups is 1. The van der Waals surface area contributed by atoms with Crippen molar-refractivity contribution in [3.8, 4) is 0 Å². The standard InChI is InChI=1S/C15H25N3O2/c1-4-18(11-15(2,3)20)10-14(19)17-13-7-5-6-12(8-13)9-16/h5-8,20H,4,9-11,16H2,1-3H3,(H,17,19). The summed E-state index contributed by atoms with van der Waals surface area (Å²) in [6.45, 7) is 7.31. The van der Waals surface area contributed by atoms with Gasteiger partial charge in [0.25, 0.3) is 0 Å². The van der Waals surface area contributed by atoms with Crippen LogP contribution in [0.5, 0.6) is 0 Å². The summed E-state index contributed by atoms with van der Waals surface area (Å²) in [6, 6.07) is 7.49. The third-order valence-corrected chi connectivity index (χ3v) is 2.87. The van der Waals surface area contributed by atoms with Gasteiger partial charge in [0.1, 0.15) is 0 Å². The highest BCUT2D eigenvalue weighted by Gasteiger charge is 2.19.